The molecule has 0 radical (unpaired) electrons. The van der Waals surface area contributed by atoms with Crippen molar-refractivity contribution >= 4 is 17.6 Å². The fourth-order valence-electron chi connectivity index (χ4n) is 3.70. The molecule has 0 unspecified atom stereocenters. The van der Waals surface area contributed by atoms with E-state index in [1.54, 1.807) is 18.2 Å². The van der Waals surface area contributed by atoms with E-state index in [0.717, 1.165) is 22.3 Å². The van der Waals surface area contributed by atoms with Gasteiger partial charge in [-0.25, -0.2) is 4.79 Å². The van der Waals surface area contributed by atoms with Crippen LogP contribution in [0.4, 0.5) is 0 Å². The highest BCUT2D eigenvalue weighted by Gasteiger charge is 2.50. The summed E-state index contributed by atoms with van der Waals surface area (Å²) in [7, 11) is 1.62. The minimum absolute atomic E-state index is 0.0563. The van der Waals surface area contributed by atoms with Crippen LogP contribution in [0.5, 0.6) is 0 Å². The number of carbonyl (C=O) groups is 1. The molecule has 0 bridgehead atoms. The molecule has 0 atom stereocenters. The first-order valence-corrected chi connectivity index (χ1v) is 8.12. The summed E-state index contributed by atoms with van der Waals surface area (Å²) in [5.41, 5.74) is 2.98. The third-order valence-electron chi connectivity index (χ3n) is 4.99. The predicted octanol–water partition coefficient (Wildman–Crippen LogP) is 3.17. The average Bonchev–Trinajstić information content (AvgIpc) is 2.79. The summed E-state index contributed by atoms with van der Waals surface area (Å²) in [4.78, 5) is 17.8. The maximum atomic E-state index is 12.6. The Morgan fingerprint density at radius 2 is 1.88 bits per heavy atom. The van der Waals surface area contributed by atoms with Gasteiger partial charge in [-0.05, 0) is 36.1 Å². The molecule has 24 heavy (non-hydrogen) atoms. The van der Waals surface area contributed by atoms with Gasteiger partial charge >= 0.3 is 5.97 Å². The maximum Gasteiger partial charge on any atom is 0.343 e. The van der Waals surface area contributed by atoms with E-state index in [4.69, 9.17) is 9.57 Å². The normalized spacial score (nSPS) is 20.5. The summed E-state index contributed by atoms with van der Waals surface area (Å²) in [6.45, 7) is 8.86. The number of hydrogen-bond donors (Lipinski definition) is 1. The van der Waals surface area contributed by atoms with E-state index >= 15 is 0 Å². The lowest BCUT2D eigenvalue weighted by Gasteiger charge is -2.36. The maximum absolute atomic E-state index is 12.6. The number of hydrogen-bond acceptors (Lipinski definition) is 5. The molecule has 1 aromatic rings. The molecule has 0 aliphatic carbocycles. The second-order valence-corrected chi connectivity index (χ2v) is 6.45. The van der Waals surface area contributed by atoms with Crippen LogP contribution >= 0.6 is 0 Å². The van der Waals surface area contributed by atoms with Crippen molar-refractivity contribution in [2.45, 2.75) is 32.3 Å². The largest absolute Gasteiger partial charge is 0.507 e. The number of piperidine rings is 1. The molecule has 3 rings (SSSR count). The van der Waals surface area contributed by atoms with Gasteiger partial charge in [0, 0.05) is 25.9 Å². The molecular weight excluding hydrogens is 306 g/mol. The quantitative estimate of drug-likeness (QED) is 0.863. The van der Waals surface area contributed by atoms with Crippen molar-refractivity contribution in [3.05, 3.63) is 46.7 Å². The number of aliphatic hydroxyl groups excluding tert-OH is 1. The Labute approximate surface area is 142 Å². The molecule has 1 spiro atoms. The monoisotopic (exact) mass is 329 g/mol. The first-order chi connectivity index (χ1) is 11.4. The zero-order valence-electron chi connectivity index (χ0n) is 14.4. The first-order valence-electron chi connectivity index (χ1n) is 8.12. The number of benzene rings is 1. The molecule has 5 nitrogen and oxygen atoms in total. The Kier molecular flexibility index (Phi) is 4.24. The van der Waals surface area contributed by atoms with Crippen molar-refractivity contribution in [1.82, 2.24) is 5.06 Å². The number of aliphatic hydroxyl groups is 1. The Bertz CT molecular complexity index is 704. The van der Waals surface area contributed by atoms with E-state index in [0.29, 0.717) is 31.5 Å². The number of carbonyl (C=O) groups excluding carboxylic acids is 1. The van der Waals surface area contributed by atoms with Crippen molar-refractivity contribution in [2.24, 2.45) is 0 Å². The van der Waals surface area contributed by atoms with Gasteiger partial charge in [-0.3, -0.25) is 0 Å². The van der Waals surface area contributed by atoms with Crippen LogP contribution < -0.4 is 0 Å². The molecule has 128 valence electrons. The van der Waals surface area contributed by atoms with E-state index in [2.05, 4.69) is 6.58 Å². The van der Waals surface area contributed by atoms with Crippen LogP contribution in [-0.2, 0) is 14.4 Å². The van der Waals surface area contributed by atoms with Gasteiger partial charge in [0.1, 0.15) is 5.57 Å². The lowest BCUT2D eigenvalue weighted by molar-refractivity contribution is -0.182. The Hall–Kier alpha value is -2.11. The van der Waals surface area contributed by atoms with E-state index in [9.17, 15) is 9.90 Å². The Morgan fingerprint density at radius 3 is 2.38 bits per heavy atom. The van der Waals surface area contributed by atoms with Crippen LogP contribution in [0.3, 0.4) is 0 Å². The van der Waals surface area contributed by atoms with Crippen molar-refractivity contribution in [3.63, 3.8) is 0 Å². The number of hydroxylamine groups is 2. The molecule has 1 saturated heterocycles. The summed E-state index contributed by atoms with van der Waals surface area (Å²) < 4.78 is 5.66. The van der Waals surface area contributed by atoms with Crippen molar-refractivity contribution in [1.29, 1.82) is 0 Å². The zero-order valence-corrected chi connectivity index (χ0v) is 14.4. The molecule has 1 aromatic carbocycles. The summed E-state index contributed by atoms with van der Waals surface area (Å²) in [5.74, 6) is -0.392. The van der Waals surface area contributed by atoms with Gasteiger partial charge in [-0.15, -0.1) is 0 Å². The fourth-order valence-corrected chi connectivity index (χ4v) is 3.70. The third kappa shape index (κ3) is 2.54. The van der Waals surface area contributed by atoms with Crippen molar-refractivity contribution in [2.75, 3.05) is 20.2 Å². The highest BCUT2D eigenvalue weighted by Crippen LogP contribution is 2.44. The summed E-state index contributed by atoms with van der Waals surface area (Å²) >= 11 is 0. The minimum Gasteiger partial charge on any atom is -0.507 e. The Balaban J connectivity index is 2.05. The fraction of sp³-hybridized carbons (Fsp3) is 0.421. The summed E-state index contributed by atoms with van der Waals surface area (Å²) in [6, 6.07) is 3.92. The number of aryl methyl sites for hydroxylation is 2. The number of nitrogens with zero attached hydrogens (tertiary/aromatic N) is 1. The lowest BCUT2D eigenvalue weighted by atomic mass is 9.86. The topological polar surface area (TPSA) is 59.0 Å². The van der Waals surface area contributed by atoms with Gasteiger partial charge in [0.15, 0.2) is 11.4 Å². The number of ether oxygens (including phenoxy) is 1. The lowest BCUT2D eigenvalue weighted by Crippen LogP contribution is -2.45. The van der Waals surface area contributed by atoms with Crippen molar-refractivity contribution in [3.8, 4) is 0 Å². The van der Waals surface area contributed by atoms with Gasteiger partial charge < -0.3 is 14.7 Å². The second kappa shape index (κ2) is 6.07. The summed E-state index contributed by atoms with van der Waals surface area (Å²) in [5, 5.41) is 12.7. The standard InChI is InChI=1S/C19H23NO4/c1-5-14-10-12(2)15(13(3)11-14)16-17(21)19(24-18(16)22)6-8-20(23-4)9-7-19/h5,10-11,21H,1,6-9H2,2-4H3. The highest BCUT2D eigenvalue weighted by atomic mass is 16.7. The SMILES string of the molecule is C=Cc1cc(C)c(C2=C(O)C3(CCN(OC)CC3)OC2=O)c(C)c1. The zero-order chi connectivity index (χ0) is 17.5. The van der Waals surface area contributed by atoms with Crippen LogP contribution in [-0.4, -0.2) is 41.9 Å². The molecule has 5 heteroatoms. The van der Waals surface area contributed by atoms with Crippen LogP contribution in [0.15, 0.2) is 24.5 Å². The molecule has 0 saturated carbocycles. The average molecular weight is 329 g/mol. The van der Waals surface area contributed by atoms with E-state index in [1.807, 2.05) is 26.0 Å². The van der Waals surface area contributed by atoms with Gasteiger partial charge in [-0.2, -0.15) is 5.06 Å². The van der Waals surface area contributed by atoms with Gasteiger partial charge in [0.25, 0.3) is 0 Å². The third-order valence-corrected chi connectivity index (χ3v) is 4.99. The smallest absolute Gasteiger partial charge is 0.343 e. The highest BCUT2D eigenvalue weighted by molar-refractivity contribution is 6.20. The van der Waals surface area contributed by atoms with Gasteiger partial charge in [0.05, 0.1) is 7.11 Å². The van der Waals surface area contributed by atoms with E-state index in [1.165, 1.54) is 0 Å². The van der Waals surface area contributed by atoms with E-state index < -0.39 is 11.6 Å². The minimum atomic E-state index is -0.919. The number of esters is 1. The Morgan fingerprint density at radius 1 is 1.29 bits per heavy atom. The van der Waals surface area contributed by atoms with Crippen LogP contribution in [0, 0.1) is 13.8 Å². The number of rotatable bonds is 3. The van der Waals surface area contributed by atoms with E-state index in [-0.39, 0.29) is 5.76 Å². The molecule has 1 N–H and O–H groups in total. The summed E-state index contributed by atoms with van der Waals surface area (Å²) in [6.07, 6.45) is 2.81. The second-order valence-electron chi connectivity index (χ2n) is 6.45. The van der Waals surface area contributed by atoms with Crippen LogP contribution in [0.2, 0.25) is 0 Å². The van der Waals surface area contributed by atoms with Crippen molar-refractivity contribution < 1.29 is 19.5 Å². The first kappa shape index (κ1) is 16.7. The van der Waals surface area contributed by atoms with Gasteiger partial charge in [0.2, 0.25) is 0 Å². The van der Waals surface area contributed by atoms with Gasteiger partial charge in [-0.1, -0.05) is 24.8 Å². The molecule has 0 aromatic heterocycles. The molecule has 2 heterocycles. The predicted molar refractivity (Wildman–Crippen MR) is 92.2 cm³/mol. The van der Waals surface area contributed by atoms with Crippen LogP contribution in [0.1, 0.15) is 35.1 Å². The molecule has 1 fully saturated rings. The molecule has 2 aliphatic rings. The molecule has 2 aliphatic heterocycles. The van der Waals surface area contributed by atoms with Crippen LogP contribution in [0.25, 0.3) is 11.6 Å². The molecule has 0 amide bonds. The molecular formula is C19H23NO4.